The van der Waals surface area contributed by atoms with Crippen LogP contribution in [0.3, 0.4) is 0 Å². The van der Waals surface area contributed by atoms with Crippen molar-refractivity contribution >= 4 is 22.1 Å². The SMILES string of the molecule is CC(C)(C)c1cc(-c2ccc3ccccc3c2)ccc1N(Cc1cccc2c1C(C)(C)c1ccccc1-2)c1ccc(-c2ccccc2)cc1. The zero-order chi connectivity index (χ0) is 33.8. The van der Waals surface area contributed by atoms with Crippen molar-refractivity contribution in [3.63, 3.8) is 0 Å². The summed E-state index contributed by atoms with van der Waals surface area (Å²) in [6.07, 6.45) is 0. The Morgan fingerprint density at radius 1 is 0.510 bits per heavy atom. The average molecular weight is 634 g/mol. The Kier molecular flexibility index (Phi) is 7.53. The molecule has 1 heteroatoms. The van der Waals surface area contributed by atoms with E-state index in [1.165, 1.54) is 77.8 Å². The van der Waals surface area contributed by atoms with Crippen molar-refractivity contribution in [2.75, 3.05) is 4.90 Å². The summed E-state index contributed by atoms with van der Waals surface area (Å²) in [6.45, 7) is 12.6. The van der Waals surface area contributed by atoms with Crippen LogP contribution in [0.1, 0.15) is 56.9 Å². The van der Waals surface area contributed by atoms with E-state index in [2.05, 4.69) is 197 Å². The summed E-state index contributed by atoms with van der Waals surface area (Å²) in [6, 6.07) is 58.2. The Morgan fingerprint density at radius 3 is 1.90 bits per heavy atom. The predicted octanol–water partition coefficient (Wildman–Crippen LogP) is 13.1. The molecule has 0 aromatic heterocycles. The molecule has 0 saturated carbocycles. The standard InChI is InChI=1S/C48H43N/c1-47(2,3)44-31-38(37-23-22-34-16-9-10-17-36(34)30-37)26-29-45(44)49(40-27-24-35(25-28-40)33-14-7-6-8-15-33)32-39-18-13-20-42-41-19-11-12-21-43(41)48(4,5)46(39)42/h6-31H,32H2,1-5H3. The van der Waals surface area contributed by atoms with E-state index in [1.807, 2.05) is 0 Å². The van der Waals surface area contributed by atoms with Crippen LogP contribution in [0.4, 0.5) is 11.4 Å². The minimum Gasteiger partial charge on any atom is -0.337 e. The highest BCUT2D eigenvalue weighted by molar-refractivity contribution is 5.88. The number of anilines is 2. The largest absolute Gasteiger partial charge is 0.337 e. The van der Waals surface area contributed by atoms with Crippen molar-refractivity contribution in [1.82, 2.24) is 0 Å². The third-order valence-electron chi connectivity index (χ3n) is 10.5. The summed E-state index contributed by atoms with van der Waals surface area (Å²) in [5.74, 6) is 0. The lowest BCUT2D eigenvalue weighted by Crippen LogP contribution is -2.25. The van der Waals surface area contributed by atoms with Gasteiger partial charge in [0, 0.05) is 23.3 Å². The van der Waals surface area contributed by atoms with Crippen LogP contribution in [0.15, 0.2) is 158 Å². The van der Waals surface area contributed by atoms with Crippen LogP contribution >= 0.6 is 0 Å². The summed E-state index contributed by atoms with van der Waals surface area (Å²) in [5, 5.41) is 2.53. The molecule has 1 nitrogen and oxygen atoms in total. The fraction of sp³-hybridized carbons (Fsp3) is 0.167. The highest BCUT2D eigenvalue weighted by Crippen LogP contribution is 2.51. The lowest BCUT2D eigenvalue weighted by Gasteiger charge is -2.34. The maximum atomic E-state index is 2.55. The van der Waals surface area contributed by atoms with Gasteiger partial charge in [-0.15, -0.1) is 0 Å². The third-order valence-corrected chi connectivity index (χ3v) is 10.5. The number of fused-ring (bicyclic) bond motifs is 4. The zero-order valence-electron chi connectivity index (χ0n) is 29.2. The van der Waals surface area contributed by atoms with E-state index in [-0.39, 0.29) is 10.8 Å². The lowest BCUT2D eigenvalue weighted by molar-refractivity contribution is 0.589. The maximum Gasteiger partial charge on any atom is 0.0485 e. The first kappa shape index (κ1) is 30.9. The van der Waals surface area contributed by atoms with E-state index in [0.717, 1.165) is 6.54 Å². The smallest absolute Gasteiger partial charge is 0.0485 e. The number of hydrogen-bond donors (Lipinski definition) is 0. The van der Waals surface area contributed by atoms with Crippen molar-refractivity contribution in [1.29, 1.82) is 0 Å². The van der Waals surface area contributed by atoms with Gasteiger partial charge in [-0.3, -0.25) is 0 Å². The van der Waals surface area contributed by atoms with E-state index in [9.17, 15) is 0 Å². The summed E-state index contributed by atoms with van der Waals surface area (Å²) in [7, 11) is 0. The molecule has 240 valence electrons. The molecule has 0 N–H and O–H groups in total. The molecule has 0 saturated heterocycles. The molecule has 0 bridgehead atoms. The second kappa shape index (κ2) is 11.9. The van der Waals surface area contributed by atoms with Gasteiger partial charge in [0.1, 0.15) is 0 Å². The topological polar surface area (TPSA) is 3.24 Å². The molecule has 0 fully saturated rings. The Balaban J connectivity index is 1.28. The monoisotopic (exact) mass is 633 g/mol. The van der Waals surface area contributed by atoms with Crippen LogP contribution in [-0.2, 0) is 17.4 Å². The Bertz CT molecular complexity index is 2300. The Morgan fingerprint density at radius 2 is 1.12 bits per heavy atom. The quantitative estimate of drug-likeness (QED) is 0.176. The number of benzene rings is 7. The summed E-state index contributed by atoms with van der Waals surface area (Å²) in [4.78, 5) is 2.55. The average Bonchev–Trinajstić information content (AvgIpc) is 3.37. The van der Waals surface area contributed by atoms with Gasteiger partial charge in [-0.2, -0.15) is 0 Å². The van der Waals surface area contributed by atoms with E-state index >= 15 is 0 Å². The van der Waals surface area contributed by atoms with Crippen LogP contribution in [0.2, 0.25) is 0 Å². The molecule has 0 unspecified atom stereocenters. The molecule has 0 aliphatic heterocycles. The zero-order valence-corrected chi connectivity index (χ0v) is 29.2. The van der Waals surface area contributed by atoms with E-state index in [4.69, 9.17) is 0 Å². The van der Waals surface area contributed by atoms with Crippen molar-refractivity contribution in [2.45, 2.75) is 52.0 Å². The number of rotatable bonds is 6. The molecule has 0 radical (unpaired) electrons. The highest BCUT2D eigenvalue weighted by Gasteiger charge is 2.37. The van der Waals surface area contributed by atoms with Gasteiger partial charge in [0.25, 0.3) is 0 Å². The molecule has 49 heavy (non-hydrogen) atoms. The van der Waals surface area contributed by atoms with Crippen molar-refractivity contribution in [3.05, 3.63) is 180 Å². The second-order valence-electron chi connectivity index (χ2n) is 15.1. The van der Waals surface area contributed by atoms with Gasteiger partial charge in [0.2, 0.25) is 0 Å². The van der Waals surface area contributed by atoms with Gasteiger partial charge in [-0.05, 0) is 102 Å². The molecule has 0 atom stereocenters. The molecular formula is C48H43N. The van der Waals surface area contributed by atoms with Crippen molar-refractivity contribution in [2.24, 2.45) is 0 Å². The minimum absolute atomic E-state index is 0.0848. The second-order valence-corrected chi connectivity index (χ2v) is 15.1. The van der Waals surface area contributed by atoms with Gasteiger partial charge in [-0.1, -0.05) is 162 Å². The van der Waals surface area contributed by atoms with Crippen LogP contribution in [0.5, 0.6) is 0 Å². The number of hydrogen-bond acceptors (Lipinski definition) is 1. The summed E-state index contributed by atoms with van der Waals surface area (Å²) in [5.41, 5.74) is 15.5. The lowest BCUT2D eigenvalue weighted by atomic mass is 9.80. The first-order valence-corrected chi connectivity index (χ1v) is 17.5. The van der Waals surface area contributed by atoms with Crippen LogP contribution in [-0.4, -0.2) is 0 Å². The minimum atomic E-state index is -0.0852. The molecule has 7 aromatic carbocycles. The van der Waals surface area contributed by atoms with Crippen LogP contribution < -0.4 is 4.90 Å². The molecule has 8 rings (SSSR count). The van der Waals surface area contributed by atoms with E-state index in [0.29, 0.717) is 0 Å². The van der Waals surface area contributed by atoms with Gasteiger partial charge in [0.15, 0.2) is 0 Å². The summed E-state index contributed by atoms with van der Waals surface area (Å²) >= 11 is 0. The molecule has 0 spiro atoms. The van der Waals surface area contributed by atoms with E-state index < -0.39 is 0 Å². The van der Waals surface area contributed by atoms with Gasteiger partial charge in [0.05, 0.1) is 0 Å². The van der Waals surface area contributed by atoms with Crippen LogP contribution in [0, 0.1) is 0 Å². The normalized spacial score (nSPS) is 13.2. The first-order chi connectivity index (χ1) is 23.7. The molecule has 1 aliphatic carbocycles. The van der Waals surface area contributed by atoms with Gasteiger partial charge in [-0.25, -0.2) is 0 Å². The predicted molar refractivity (Wildman–Crippen MR) is 210 cm³/mol. The molecule has 0 heterocycles. The van der Waals surface area contributed by atoms with Crippen molar-refractivity contribution < 1.29 is 0 Å². The third kappa shape index (κ3) is 5.54. The Hall–Kier alpha value is -5.40. The van der Waals surface area contributed by atoms with Gasteiger partial charge >= 0.3 is 0 Å². The van der Waals surface area contributed by atoms with E-state index in [1.54, 1.807) is 0 Å². The fourth-order valence-corrected chi connectivity index (χ4v) is 7.96. The summed E-state index contributed by atoms with van der Waals surface area (Å²) < 4.78 is 0. The molecule has 1 aliphatic rings. The molecular weight excluding hydrogens is 591 g/mol. The van der Waals surface area contributed by atoms with Crippen LogP contribution in [0.25, 0.3) is 44.2 Å². The first-order valence-electron chi connectivity index (χ1n) is 17.5. The van der Waals surface area contributed by atoms with Gasteiger partial charge < -0.3 is 4.90 Å². The van der Waals surface area contributed by atoms with Crippen molar-refractivity contribution in [3.8, 4) is 33.4 Å². The maximum absolute atomic E-state index is 2.55. The number of nitrogens with zero attached hydrogens (tertiary/aromatic N) is 1. The fourth-order valence-electron chi connectivity index (χ4n) is 7.96. The highest BCUT2D eigenvalue weighted by atomic mass is 15.1. The molecule has 0 amide bonds. The Labute approximate surface area is 291 Å². The molecule has 7 aromatic rings.